The number of imidazole rings is 1. The second-order valence-electron chi connectivity index (χ2n) is 5.64. The van der Waals surface area contributed by atoms with Gasteiger partial charge in [0.05, 0.1) is 17.5 Å². The highest BCUT2D eigenvalue weighted by Crippen LogP contribution is 2.36. The van der Waals surface area contributed by atoms with Crippen molar-refractivity contribution in [3.8, 4) is 22.5 Å². The van der Waals surface area contributed by atoms with Crippen LogP contribution in [0.4, 0.5) is 19.0 Å². The number of anilines is 1. The van der Waals surface area contributed by atoms with Crippen molar-refractivity contribution in [1.82, 2.24) is 29.4 Å². The first kappa shape index (κ1) is 16.1. The SMILES string of the molecule is Cn1ncc(-c2ncn3ncnc(N)c23)c1-c1ccc(C(F)(F)F)cc1. The smallest absolute Gasteiger partial charge is 0.382 e. The van der Waals surface area contributed by atoms with Gasteiger partial charge in [0.25, 0.3) is 0 Å². The van der Waals surface area contributed by atoms with Gasteiger partial charge in [-0.25, -0.2) is 14.5 Å². The third kappa shape index (κ3) is 2.46. The van der Waals surface area contributed by atoms with Crippen molar-refractivity contribution < 1.29 is 13.2 Å². The summed E-state index contributed by atoms with van der Waals surface area (Å²) in [5, 5.41) is 8.27. The number of rotatable bonds is 2. The van der Waals surface area contributed by atoms with Crippen molar-refractivity contribution in [3.63, 3.8) is 0 Å². The zero-order valence-corrected chi connectivity index (χ0v) is 13.4. The molecule has 0 spiro atoms. The Balaban J connectivity index is 1.89. The number of halogens is 3. The summed E-state index contributed by atoms with van der Waals surface area (Å²) in [7, 11) is 1.70. The highest BCUT2D eigenvalue weighted by atomic mass is 19.4. The fourth-order valence-electron chi connectivity index (χ4n) is 2.84. The lowest BCUT2D eigenvalue weighted by Crippen LogP contribution is -2.04. The molecule has 0 aliphatic heterocycles. The van der Waals surface area contributed by atoms with Gasteiger partial charge in [-0.05, 0) is 12.1 Å². The van der Waals surface area contributed by atoms with Crippen LogP contribution in [-0.2, 0) is 13.2 Å². The fourth-order valence-corrected chi connectivity index (χ4v) is 2.84. The van der Waals surface area contributed by atoms with Crippen LogP contribution in [0, 0.1) is 0 Å². The second-order valence-corrected chi connectivity index (χ2v) is 5.64. The lowest BCUT2D eigenvalue weighted by Gasteiger charge is -2.09. The molecule has 0 fully saturated rings. The van der Waals surface area contributed by atoms with Crippen molar-refractivity contribution >= 4 is 11.3 Å². The van der Waals surface area contributed by atoms with Crippen LogP contribution >= 0.6 is 0 Å². The van der Waals surface area contributed by atoms with Gasteiger partial charge in [-0.2, -0.15) is 23.4 Å². The minimum absolute atomic E-state index is 0.245. The average Bonchev–Trinajstić information content (AvgIpc) is 3.18. The molecule has 10 heteroatoms. The Bertz CT molecular complexity index is 1090. The van der Waals surface area contributed by atoms with E-state index in [0.29, 0.717) is 28.0 Å². The van der Waals surface area contributed by atoms with E-state index in [1.807, 2.05) is 0 Å². The van der Waals surface area contributed by atoms with Gasteiger partial charge in [-0.15, -0.1) is 0 Å². The summed E-state index contributed by atoms with van der Waals surface area (Å²) in [4.78, 5) is 8.30. The molecule has 0 amide bonds. The summed E-state index contributed by atoms with van der Waals surface area (Å²) in [6.45, 7) is 0. The van der Waals surface area contributed by atoms with Gasteiger partial charge in [0.15, 0.2) is 5.82 Å². The van der Waals surface area contributed by atoms with E-state index in [2.05, 4.69) is 20.2 Å². The van der Waals surface area contributed by atoms with E-state index in [-0.39, 0.29) is 5.82 Å². The van der Waals surface area contributed by atoms with Gasteiger partial charge < -0.3 is 5.73 Å². The third-order valence-electron chi connectivity index (χ3n) is 4.04. The van der Waals surface area contributed by atoms with Crippen LogP contribution in [0.5, 0.6) is 0 Å². The maximum absolute atomic E-state index is 12.8. The lowest BCUT2D eigenvalue weighted by molar-refractivity contribution is -0.137. The zero-order valence-electron chi connectivity index (χ0n) is 13.4. The Labute approximate surface area is 144 Å². The quantitative estimate of drug-likeness (QED) is 0.595. The lowest BCUT2D eigenvalue weighted by atomic mass is 10.0. The van der Waals surface area contributed by atoms with E-state index in [4.69, 9.17) is 5.73 Å². The predicted molar refractivity (Wildman–Crippen MR) is 87.8 cm³/mol. The molecular formula is C16H12F3N7. The molecule has 7 nitrogen and oxygen atoms in total. The predicted octanol–water partition coefficient (Wildman–Crippen LogP) is 2.79. The van der Waals surface area contributed by atoms with Crippen molar-refractivity contribution in [2.45, 2.75) is 6.18 Å². The number of aromatic nitrogens is 6. The molecule has 3 aromatic heterocycles. The number of nitrogens with zero attached hydrogens (tertiary/aromatic N) is 6. The summed E-state index contributed by atoms with van der Waals surface area (Å²) in [5.74, 6) is 0.245. The fraction of sp³-hybridized carbons (Fsp3) is 0.125. The number of hydrogen-bond acceptors (Lipinski definition) is 5. The van der Waals surface area contributed by atoms with Crippen molar-refractivity contribution in [3.05, 3.63) is 48.7 Å². The summed E-state index contributed by atoms with van der Waals surface area (Å²) in [5.41, 5.74) is 8.05. The van der Waals surface area contributed by atoms with E-state index in [0.717, 1.165) is 12.1 Å². The van der Waals surface area contributed by atoms with E-state index in [9.17, 15) is 13.2 Å². The molecule has 1 aromatic carbocycles. The van der Waals surface area contributed by atoms with Crippen LogP contribution in [0.25, 0.3) is 28.0 Å². The summed E-state index contributed by atoms with van der Waals surface area (Å²) < 4.78 is 41.5. The molecule has 4 aromatic rings. The number of nitrogens with two attached hydrogens (primary N) is 1. The van der Waals surface area contributed by atoms with Gasteiger partial charge in [0.2, 0.25) is 0 Å². The molecule has 0 saturated carbocycles. The van der Waals surface area contributed by atoms with Gasteiger partial charge in [0.1, 0.15) is 23.9 Å². The van der Waals surface area contributed by atoms with Gasteiger partial charge >= 0.3 is 6.18 Å². The molecule has 4 rings (SSSR count). The number of alkyl halides is 3. The van der Waals surface area contributed by atoms with Crippen molar-refractivity contribution in [2.24, 2.45) is 7.05 Å². The maximum Gasteiger partial charge on any atom is 0.416 e. The number of benzene rings is 1. The summed E-state index contributed by atoms with van der Waals surface area (Å²) in [6, 6.07) is 4.88. The van der Waals surface area contributed by atoms with Crippen LogP contribution in [0.1, 0.15) is 5.56 Å². The Morgan fingerprint density at radius 1 is 1.04 bits per heavy atom. The highest BCUT2D eigenvalue weighted by Gasteiger charge is 2.30. The Kier molecular flexibility index (Phi) is 3.43. The molecule has 0 radical (unpaired) electrons. The number of aryl methyl sites for hydroxylation is 1. The molecule has 0 aliphatic rings. The van der Waals surface area contributed by atoms with Crippen LogP contribution in [0.3, 0.4) is 0 Å². The van der Waals surface area contributed by atoms with E-state index < -0.39 is 11.7 Å². The van der Waals surface area contributed by atoms with Crippen LogP contribution < -0.4 is 5.73 Å². The standard InChI is InChI=1S/C16H12F3N7/c1-25-13(9-2-4-10(5-3-9)16(17,18)19)11(6-23-25)12-14-15(20)21-7-24-26(14)8-22-12/h2-8H,1H3,(H2,20,21,24). The molecule has 0 atom stereocenters. The first-order chi connectivity index (χ1) is 12.4. The Morgan fingerprint density at radius 2 is 1.77 bits per heavy atom. The normalized spacial score (nSPS) is 12.0. The van der Waals surface area contributed by atoms with Crippen LogP contribution in [0.2, 0.25) is 0 Å². The molecule has 0 aliphatic carbocycles. The molecule has 3 heterocycles. The first-order valence-electron chi connectivity index (χ1n) is 7.50. The molecule has 2 N–H and O–H groups in total. The Morgan fingerprint density at radius 3 is 2.46 bits per heavy atom. The molecule has 0 saturated heterocycles. The molecular weight excluding hydrogens is 347 g/mol. The molecule has 0 unspecified atom stereocenters. The maximum atomic E-state index is 12.8. The molecule has 0 bridgehead atoms. The molecule has 132 valence electrons. The Hall–Kier alpha value is -3.43. The minimum atomic E-state index is -4.39. The van der Waals surface area contributed by atoms with Crippen molar-refractivity contribution in [1.29, 1.82) is 0 Å². The molecule has 26 heavy (non-hydrogen) atoms. The number of fused-ring (bicyclic) bond motifs is 1. The summed E-state index contributed by atoms with van der Waals surface area (Å²) >= 11 is 0. The van der Waals surface area contributed by atoms with E-state index in [1.165, 1.54) is 29.3 Å². The van der Waals surface area contributed by atoms with E-state index >= 15 is 0 Å². The highest BCUT2D eigenvalue weighted by molar-refractivity contribution is 5.90. The minimum Gasteiger partial charge on any atom is -0.382 e. The van der Waals surface area contributed by atoms with E-state index in [1.54, 1.807) is 17.9 Å². The zero-order chi connectivity index (χ0) is 18.5. The van der Waals surface area contributed by atoms with Crippen molar-refractivity contribution in [2.75, 3.05) is 5.73 Å². The number of hydrogen-bond donors (Lipinski definition) is 1. The topological polar surface area (TPSA) is 86.9 Å². The summed E-state index contributed by atoms with van der Waals surface area (Å²) in [6.07, 6.45) is 0.00150. The van der Waals surface area contributed by atoms with Gasteiger partial charge in [0, 0.05) is 18.2 Å². The largest absolute Gasteiger partial charge is 0.416 e. The average molecular weight is 359 g/mol. The number of nitrogen functional groups attached to an aromatic ring is 1. The first-order valence-corrected chi connectivity index (χ1v) is 7.50. The van der Waals surface area contributed by atoms with Gasteiger partial charge in [-0.3, -0.25) is 4.68 Å². The van der Waals surface area contributed by atoms with Gasteiger partial charge in [-0.1, -0.05) is 12.1 Å². The third-order valence-corrected chi connectivity index (χ3v) is 4.04. The van der Waals surface area contributed by atoms with Crippen LogP contribution in [0.15, 0.2) is 43.1 Å². The monoisotopic (exact) mass is 359 g/mol. The second kappa shape index (κ2) is 5.55. The van der Waals surface area contributed by atoms with Crippen LogP contribution in [-0.4, -0.2) is 29.4 Å².